The van der Waals surface area contributed by atoms with Gasteiger partial charge in [-0.2, -0.15) is 0 Å². The van der Waals surface area contributed by atoms with Gasteiger partial charge in [-0.3, -0.25) is 4.79 Å². The Labute approximate surface area is 129 Å². The van der Waals surface area contributed by atoms with E-state index in [4.69, 9.17) is 0 Å². The van der Waals surface area contributed by atoms with Crippen molar-refractivity contribution >= 4 is 17.2 Å². The van der Waals surface area contributed by atoms with E-state index in [9.17, 15) is 9.90 Å². The van der Waals surface area contributed by atoms with E-state index in [1.807, 2.05) is 42.6 Å². The molecule has 5 heteroatoms. The molecule has 1 N–H and O–H groups in total. The summed E-state index contributed by atoms with van der Waals surface area (Å²) in [4.78, 5) is 18.2. The van der Waals surface area contributed by atoms with Crippen molar-refractivity contribution in [2.24, 2.45) is 0 Å². The van der Waals surface area contributed by atoms with Gasteiger partial charge in [0.1, 0.15) is 0 Å². The third kappa shape index (κ3) is 4.12. The molecule has 0 radical (unpaired) electrons. The third-order valence-electron chi connectivity index (χ3n) is 3.38. The van der Waals surface area contributed by atoms with E-state index in [1.54, 1.807) is 30.2 Å². The summed E-state index contributed by atoms with van der Waals surface area (Å²) in [6.07, 6.45) is 0.0522. The number of hydrogen-bond acceptors (Lipinski definition) is 4. The maximum absolute atomic E-state index is 12.3. The fourth-order valence-electron chi connectivity index (χ4n) is 2.14. The first-order valence-corrected chi connectivity index (χ1v) is 7.69. The summed E-state index contributed by atoms with van der Waals surface area (Å²) in [5.41, 5.74) is 0.467. The second-order valence-corrected chi connectivity index (χ2v) is 6.49. The summed E-state index contributed by atoms with van der Waals surface area (Å²) in [5.74, 6) is -0.102. The van der Waals surface area contributed by atoms with Gasteiger partial charge in [0.05, 0.1) is 29.3 Å². The molecule has 0 spiro atoms. The second-order valence-electron chi connectivity index (χ2n) is 5.42. The van der Waals surface area contributed by atoms with Crippen molar-refractivity contribution in [2.45, 2.75) is 32.4 Å². The van der Waals surface area contributed by atoms with Gasteiger partial charge in [-0.15, -0.1) is 11.3 Å². The minimum atomic E-state index is -1.16. The molecule has 1 atom stereocenters. The molecule has 4 nitrogen and oxygen atoms in total. The highest BCUT2D eigenvalue weighted by Gasteiger charge is 2.28. The fraction of sp³-hybridized carbons (Fsp3) is 0.375. The summed E-state index contributed by atoms with van der Waals surface area (Å²) in [5, 5.41) is 13.5. The number of amides is 1. The predicted molar refractivity (Wildman–Crippen MR) is 84.0 cm³/mol. The first kappa shape index (κ1) is 15.7. The molecule has 0 fully saturated rings. The van der Waals surface area contributed by atoms with Gasteiger partial charge < -0.3 is 10.0 Å². The van der Waals surface area contributed by atoms with Gasteiger partial charge in [-0.25, -0.2) is 4.98 Å². The van der Waals surface area contributed by atoms with Crippen LogP contribution in [-0.2, 0) is 16.9 Å². The lowest BCUT2D eigenvalue weighted by atomic mass is 9.92. The molecule has 0 aliphatic rings. The molecule has 1 heterocycles. The number of benzene rings is 1. The quantitative estimate of drug-likeness (QED) is 0.924. The summed E-state index contributed by atoms with van der Waals surface area (Å²) in [6, 6.07) is 9.26. The minimum absolute atomic E-state index is 0.0522. The van der Waals surface area contributed by atoms with Gasteiger partial charge in [0.15, 0.2) is 0 Å². The molecule has 0 saturated heterocycles. The number of nitrogens with zero attached hydrogens (tertiary/aromatic N) is 2. The number of rotatable bonds is 5. The van der Waals surface area contributed by atoms with Crippen LogP contribution in [0.15, 0.2) is 35.7 Å². The van der Waals surface area contributed by atoms with E-state index in [0.29, 0.717) is 6.54 Å². The molecule has 1 aromatic carbocycles. The van der Waals surface area contributed by atoms with E-state index in [1.165, 1.54) is 0 Å². The van der Waals surface area contributed by atoms with E-state index in [-0.39, 0.29) is 12.3 Å². The van der Waals surface area contributed by atoms with Crippen LogP contribution in [0.25, 0.3) is 0 Å². The molecule has 2 rings (SSSR count). The molecule has 21 heavy (non-hydrogen) atoms. The average Bonchev–Trinajstić information content (AvgIpc) is 2.84. The smallest absolute Gasteiger partial charge is 0.225 e. The van der Waals surface area contributed by atoms with Crippen LogP contribution >= 0.6 is 11.3 Å². The van der Waals surface area contributed by atoms with Crippen LogP contribution in [0.2, 0.25) is 0 Å². The van der Waals surface area contributed by atoms with E-state index in [0.717, 1.165) is 16.3 Å². The number of aryl methyl sites for hydroxylation is 1. The van der Waals surface area contributed by atoms with Crippen LogP contribution in [-0.4, -0.2) is 27.9 Å². The fourth-order valence-corrected chi connectivity index (χ4v) is 2.74. The minimum Gasteiger partial charge on any atom is -0.385 e. The molecular weight excluding hydrogens is 284 g/mol. The zero-order valence-electron chi connectivity index (χ0n) is 12.5. The predicted octanol–water partition coefficient (Wildman–Crippen LogP) is 2.71. The lowest BCUT2D eigenvalue weighted by Gasteiger charge is -2.26. The lowest BCUT2D eigenvalue weighted by molar-refractivity contribution is -0.135. The number of carbonyl (C=O) groups excluding carboxylic acids is 1. The molecule has 0 aliphatic heterocycles. The van der Waals surface area contributed by atoms with Crippen molar-refractivity contribution in [3.05, 3.63) is 52.0 Å². The van der Waals surface area contributed by atoms with Crippen molar-refractivity contribution in [2.75, 3.05) is 7.05 Å². The van der Waals surface area contributed by atoms with E-state index in [2.05, 4.69) is 4.98 Å². The van der Waals surface area contributed by atoms with E-state index < -0.39 is 5.60 Å². The maximum atomic E-state index is 12.3. The molecule has 1 unspecified atom stereocenters. The SMILES string of the molecule is Cc1nc(CN(C)C(=O)CC(C)(O)c2ccccc2)cs1. The standard InChI is InChI=1S/C16H20N2O2S/c1-12-17-14(11-21-12)10-18(3)15(19)9-16(2,20)13-7-5-4-6-8-13/h4-8,11,20H,9-10H2,1-3H3. The summed E-state index contributed by atoms with van der Waals surface area (Å²) in [6.45, 7) is 4.07. The van der Waals surface area contributed by atoms with Crippen molar-refractivity contribution in [1.29, 1.82) is 0 Å². The maximum Gasteiger partial charge on any atom is 0.225 e. The van der Waals surface area contributed by atoms with Crippen LogP contribution in [0.5, 0.6) is 0 Å². The molecule has 112 valence electrons. The second kappa shape index (κ2) is 6.37. The number of thiazole rings is 1. The first-order chi connectivity index (χ1) is 9.88. The van der Waals surface area contributed by atoms with Gasteiger partial charge in [0.25, 0.3) is 0 Å². The number of aliphatic hydroxyl groups is 1. The summed E-state index contributed by atoms with van der Waals surface area (Å²) < 4.78 is 0. The summed E-state index contributed by atoms with van der Waals surface area (Å²) in [7, 11) is 1.73. The molecule has 2 aromatic rings. The van der Waals surface area contributed by atoms with E-state index >= 15 is 0 Å². The van der Waals surface area contributed by atoms with Crippen molar-refractivity contribution < 1.29 is 9.90 Å². The lowest BCUT2D eigenvalue weighted by Crippen LogP contribution is -2.34. The Morgan fingerprint density at radius 2 is 2.05 bits per heavy atom. The topological polar surface area (TPSA) is 53.4 Å². The molecule has 0 saturated carbocycles. The van der Waals surface area contributed by atoms with Crippen molar-refractivity contribution in [3.8, 4) is 0 Å². The van der Waals surface area contributed by atoms with Gasteiger partial charge in [0, 0.05) is 12.4 Å². The first-order valence-electron chi connectivity index (χ1n) is 6.81. The largest absolute Gasteiger partial charge is 0.385 e. The van der Waals surface area contributed by atoms with Gasteiger partial charge in [-0.1, -0.05) is 30.3 Å². The van der Waals surface area contributed by atoms with Gasteiger partial charge in [-0.05, 0) is 19.4 Å². The molecule has 1 amide bonds. The van der Waals surface area contributed by atoms with Crippen molar-refractivity contribution in [1.82, 2.24) is 9.88 Å². The Morgan fingerprint density at radius 1 is 1.38 bits per heavy atom. The number of carbonyl (C=O) groups is 1. The molecule has 1 aromatic heterocycles. The Kier molecular flexibility index (Phi) is 4.75. The van der Waals surface area contributed by atoms with Crippen molar-refractivity contribution in [3.63, 3.8) is 0 Å². The van der Waals surface area contributed by atoms with Gasteiger partial charge >= 0.3 is 0 Å². The normalized spacial score (nSPS) is 13.7. The Balaban J connectivity index is 2.00. The zero-order valence-corrected chi connectivity index (χ0v) is 13.4. The summed E-state index contributed by atoms with van der Waals surface area (Å²) >= 11 is 1.57. The Hall–Kier alpha value is -1.72. The van der Waals surface area contributed by atoms with Crippen LogP contribution in [0, 0.1) is 6.92 Å². The number of aromatic nitrogens is 1. The monoisotopic (exact) mass is 304 g/mol. The van der Waals surface area contributed by atoms with Crippen LogP contribution in [0.1, 0.15) is 29.6 Å². The Bertz CT molecular complexity index is 608. The van der Waals surface area contributed by atoms with Crippen LogP contribution in [0.3, 0.4) is 0 Å². The highest BCUT2D eigenvalue weighted by molar-refractivity contribution is 7.09. The highest BCUT2D eigenvalue weighted by atomic mass is 32.1. The molecular formula is C16H20N2O2S. The number of hydrogen-bond donors (Lipinski definition) is 1. The van der Waals surface area contributed by atoms with Crippen LogP contribution in [0.4, 0.5) is 0 Å². The zero-order chi connectivity index (χ0) is 15.5. The average molecular weight is 304 g/mol. The Morgan fingerprint density at radius 3 is 2.62 bits per heavy atom. The third-order valence-corrected chi connectivity index (χ3v) is 4.20. The van der Waals surface area contributed by atoms with Crippen LogP contribution < -0.4 is 0 Å². The molecule has 0 aliphatic carbocycles. The molecule has 0 bridgehead atoms. The van der Waals surface area contributed by atoms with Gasteiger partial charge in [0.2, 0.25) is 5.91 Å². The highest BCUT2D eigenvalue weighted by Crippen LogP contribution is 2.25.